The van der Waals surface area contributed by atoms with Gasteiger partial charge in [-0.2, -0.15) is 4.98 Å². The molecule has 0 atom stereocenters. The zero-order valence-electron chi connectivity index (χ0n) is 15.4. The summed E-state index contributed by atoms with van der Waals surface area (Å²) >= 11 is 0. The van der Waals surface area contributed by atoms with Gasteiger partial charge < -0.3 is 9.80 Å². The van der Waals surface area contributed by atoms with Crippen LogP contribution in [-0.4, -0.2) is 56.6 Å². The molecule has 0 spiro atoms. The van der Waals surface area contributed by atoms with Crippen molar-refractivity contribution in [2.45, 2.75) is 20.3 Å². The van der Waals surface area contributed by atoms with Crippen LogP contribution in [0.1, 0.15) is 28.8 Å². The predicted octanol–water partition coefficient (Wildman–Crippen LogP) is 2.10. The maximum Gasteiger partial charge on any atom is 0.257 e. The molecule has 2 aromatic heterocycles. The Hall–Kier alpha value is -3.03. The standard InChI is InChI=1S/C19H21FN6O/c1-3-16-22-23-19-21-17(12-13(2)26(16)19)24-8-10-25(11-9-24)18(27)14-4-6-15(20)7-5-14/h4-7,12H,3,8-11H2,1-2H3. The monoisotopic (exact) mass is 368 g/mol. The Bertz CT molecular complexity index is 976. The second-order valence-corrected chi connectivity index (χ2v) is 6.65. The third-order valence-corrected chi connectivity index (χ3v) is 4.92. The molecule has 0 saturated carbocycles. The number of anilines is 1. The molecule has 27 heavy (non-hydrogen) atoms. The van der Waals surface area contributed by atoms with Gasteiger partial charge in [0.2, 0.25) is 0 Å². The number of hydrogen-bond acceptors (Lipinski definition) is 5. The van der Waals surface area contributed by atoms with Crippen LogP contribution < -0.4 is 4.90 Å². The molecule has 140 valence electrons. The van der Waals surface area contributed by atoms with Gasteiger partial charge in [-0.15, -0.1) is 10.2 Å². The van der Waals surface area contributed by atoms with E-state index in [1.54, 1.807) is 4.90 Å². The highest BCUT2D eigenvalue weighted by atomic mass is 19.1. The normalized spacial score (nSPS) is 14.8. The fraction of sp³-hybridized carbons (Fsp3) is 0.368. The average Bonchev–Trinajstić information content (AvgIpc) is 3.12. The fourth-order valence-electron chi connectivity index (χ4n) is 3.43. The Kier molecular flexibility index (Phi) is 4.47. The first-order chi connectivity index (χ1) is 13.1. The minimum Gasteiger partial charge on any atom is -0.353 e. The Balaban J connectivity index is 1.48. The number of rotatable bonds is 3. The molecule has 0 N–H and O–H groups in total. The third-order valence-electron chi connectivity index (χ3n) is 4.92. The van der Waals surface area contributed by atoms with E-state index in [9.17, 15) is 9.18 Å². The van der Waals surface area contributed by atoms with E-state index < -0.39 is 0 Å². The van der Waals surface area contributed by atoms with Crippen molar-refractivity contribution in [2.75, 3.05) is 31.1 Å². The summed E-state index contributed by atoms with van der Waals surface area (Å²) in [4.78, 5) is 21.2. The number of aromatic nitrogens is 4. The molecule has 1 aliphatic rings. The summed E-state index contributed by atoms with van der Waals surface area (Å²) in [6, 6.07) is 7.72. The molecule has 0 bridgehead atoms. The van der Waals surface area contributed by atoms with Gasteiger partial charge in [0.1, 0.15) is 17.5 Å². The van der Waals surface area contributed by atoms with Crippen molar-refractivity contribution in [2.24, 2.45) is 0 Å². The maximum absolute atomic E-state index is 13.0. The molecule has 3 heterocycles. The smallest absolute Gasteiger partial charge is 0.257 e. The predicted molar refractivity (Wildman–Crippen MR) is 99.4 cm³/mol. The van der Waals surface area contributed by atoms with Crippen LogP contribution >= 0.6 is 0 Å². The molecule has 7 nitrogen and oxygen atoms in total. The summed E-state index contributed by atoms with van der Waals surface area (Å²) in [6.45, 7) is 6.62. The summed E-state index contributed by atoms with van der Waals surface area (Å²) in [5.41, 5.74) is 1.55. The Morgan fingerprint density at radius 3 is 2.48 bits per heavy atom. The van der Waals surface area contributed by atoms with E-state index in [0.717, 1.165) is 23.8 Å². The number of nitrogens with zero attached hydrogens (tertiary/aromatic N) is 6. The van der Waals surface area contributed by atoms with Gasteiger partial charge in [-0.25, -0.2) is 4.39 Å². The summed E-state index contributed by atoms with van der Waals surface area (Å²) in [5.74, 6) is 1.94. The van der Waals surface area contributed by atoms with Crippen LogP contribution in [0.4, 0.5) is 10.2 Å². The van der Waals surface area contributed by atoms with Crippen LogP contribution in [0.3, 0.4) is 0 Å². The van der Waals surface area contributed by atoms with E-state index in [4.69, 9.17) is 0 Å². The SMILES string of the molecule is CCc1nnc2nc(N3CCN(C(=O)c4ccc(F)cc4)CC3)cc(C)n12. The highest BCUT2D eigenvalue weighted by Crippen LogP contribution is 2.19. The van der Waals surface area contributed by atoms with Crippen molar-refractivity contribution in [3.05, 3.63) is 53.2 Å². The summed E-state index contributed by atoms with van der Waals surface area (Å²) in [7, 11) is 0. The molecule has 0 unspecified atom stereocenters. The second-order valence-electron chi connectivity index (χ2n) is 6.65. The van der Waals surface area contributed by atoms with Gasteiger partial charge in [-0.3, -0.25) is 9.20 Å². The van der Waals surface area contributed by atoms with E-state index in [2.05, 4.69) is 20.1 Å². The van der Waals surface area contributed by atoms with E-state index in [1.165, 1.54) is 24.3 Å². The minimum atomic E-state index is -0.340. The first-order valence-corrected chi connectivity index (χ1v) is 9.08. The largest absolute Gasteiger partial charge is 0.353 e. The van der Waals surface area contributed by atoms with Crippen molar-refractivity contribution >= 4 is 17.5 Å². The van der Waals surface area contributed by atoms with Crippen LogP contribution in [0.2, 0.25) is 0 Å². The quantitative estimate of drug-likeness (QED) is 0.708. The third kappa shape index (κ3) is 3.22. The maximum atomic E-state index is 13.0. The van der Waals surface area contributed by atoms with Gasteiger partial charge in [-0.05, 0) is 31.2 Å². The molecular formula is C19H21FN6O. The van der Waals surface area contributed by atoms with Crippen molar-refractivity contribution in [3.63, 3.8) is 0 Å². The van der Waals surface area contributed by atoms with Gasteiger partial charge in [0.15, 0.2) is 0 Å². The molecule has 1 saturated heterocycles. The summed E-state index contributed by atoms with van der Waals surface area (Å²) < 4.78 is 15.0. The second kappa shape index (κ2) is 6.94. The molecular weight excluding hydrogens is 347 g/mol. The zero-order chi connectivity index (χ0) is 19.0. The van der Waals surface area contributed by atoms with Crippen LogP contribution in [0.5, 0.6) is 0 Å². The number of hydrogen-bond donors (Lipinski definition) is 0. The molecule has 1 amide bonds. The van der Waals surface area contributed by atoms with Gasteiger partial charge in [0, 0.05) is 49.9 Å². The van der Waals surface area contributed by atoms with E-state index in [0.29, 0.717) is 37.5 Å². The number of carbonyl (C=O) groups is 1. The van der Waals surface area contributed by atoms with Gasteiger partial charge in [0.05, 0.1) is 0 Å². The van der Waals surface area contributed by atoms with Gasteiger partial charge in [-0.1, -0.05) is 6.92 Å². The molecule has 3 aromatic rings. The van der Waals surface area contributed by atoms with Crippen molar-refractivity contribution < 1.29 is 9.18 Å². The number of halogens is 1. The van der Waals surface area contributed by atoms with E-state index >= 15 is 0 Å². The number of carbonyl (C=O) groups excluding carboxylic acids is 1. The van der Waals surface area contributed by atoms with Gasteiger partial charge in [0.25, 0.3) is 11.7 Å². The van der Waals surface area contributed by atoms with Crippen LogP contribution in [0.25, 0.3) is 5.78 Å². The lowest BCUT2D eigenvalue weighted by molar-refractivity contribution is 0.0746. The highest BCUT2D eigenvalue weighted by Gasteiger charge is 2.23. The average molecular weight is 368 g/mol. The number of amides is 1. The van der Waals surface area contributed by atoms with Crippen molar-refractivity contribution in [1.82, 2.24) is 24.5 Å². The van der Waals surface area contributed by atoms with Gasteiger partial charge >= 0.3 is 0 Å². The lowest BCUT2D eigenvalue weighted by Gasteiger charge is -2.35. The Morgan fingerprint density at radius 1 is 1.11 bits per heavy atom. The van der Waals surface area contributed by atoms with Crippen LogP contribution in [0, 0.1) is 12.7 Å². The first-order valence-electron chi connectivity index (χ1n) is 9.08. The number of piperazine rings is 1. The van der Waals surface area contributed by atoms with Crippen molar-refractivity contribution in [3.8, 4) is 0 Å². The molecule has 4 rings (SSSR count). The number of benzene rings is 1. The van der Waals surface area contributed by atoms with E-state index in [1.807, 2.05) is 24.3 Å². The lowest BCUT2D eigenvalue weighted by Crippen LogP contribution is -2.49. The molecule has 8 heteroatoms. The van der Waals surface area contributed by atoms with Crippen LogP contribution in [-0.2, 0) is 6.42 Å². The Morgan fingerprint density at radius 2 is 1.81 bits per heavy atom. The summed E-state index contributed by atoms with van der Waals surface area (Å²) in [6.07, 6.45) is 0.799. The molecule has 1 aliphatic heterocycles. The highest BCUT2D eigenvalue weighted by molar-refractivity contribution is 5.94. The number of aryl methyl sites for hydroxylation is 2. The summed E-state index contributed by atoms with van der Waals surface area (Å²) in [5, 5.41) is 8.36. The molecule has 1 aromatic carbocycles. The molecule has 0 radical (unpaired) electrons. The topological polar surface area (TPSA) is 66.6 Å². The first kappa shape index (κ1) is 17.4. The number of fused-ring (bicyclic) bond motifs is 1. The Labute approximate surface area is 156 Å². The zero-order valence-corrected chi connectivity index (χ0v) is 15.4. The lowest BCUT2D eigenvalue weighted by atomic mass is 10.2. The van der Waals surface area contributed by atoms with Crippen molar-refractivity contribution in [1.29, 1.82) is 0 Å². The van der Waals surface area contributed by atoms with E-state index in [-0.39, 0.29) is 11.7 Å². The minimum absolute atomic E-state index is 0.0701. The van der Waals surface area contributed by atoms with Crippen LogP contribution in [0.15, 0.2) is 30.3 Å². The fourth-order valence-corrected chi connectivity index (χ4v) is 3.43. The molecule has 1 fully saturated rings. The molecule has 0 aliphatic carbocycles.